The molecule has 2 aliphatic carbocycles. The molecule has 0 aromatic carbocycles. The van der Waals surface area contributed by atoms with Gasteiger partial charge < -0.3 is 5.21 Å². The lowest BCUT2D eigenvalue weighted by Gasteiger charge is -2.38. The first-order chi connectivity index (χ1) is 6.64. The molecule has 0 spiro atoms. The van der Waals surface area contributed by atoms with Crippen molar-refractivity contribution < 1.29 is 5.21 Å². The highest BCUT2D eigenvalue weighted by molar-refractivity contribution is 9.09. The summed E-state index contributed by atoms with van der Waals surface area (Å²) in [5, 5.41) is 14.5. The van der Waals surface area contributed by atoms with E-state index in [1.54, 1.807) is 0 Å². The Labute approximate surface area is 101 Å². The Bertz CT molecular complexity index is 281. The van der Waals surface area contributed by atoms with E-state index in [0.29, 0.717) is 5.92 Å². The smallest absolute Gasteiger partial charge is 0.0649 e. The third-order valence-corrected chi connectivity index (χ3v) is 6.65. The van der Waals surface area contributed by atoms with E-state index in [1.165, 1.54) is 6.42 Å². The van der Waals surface area contributed by atoms with Gasteiger partial charge in [-0.25, -0.2) is 0 Å². The molecule has 4 heteroatoms. The summed E-state index contributed by atoms with van der Waals surface area (Å²) in [6, 6.07) is 0. The van der Waals surface area contributed by atoms with Gasteiger partial charge in [0, 0.05) is 16.1 Å². The van der Waals surface area contributed by atoms with Crippen molar-refractivity contribution in [1.82, 2.24) is 0 Å². The molecule has 2 fully saturated rings. The summed E-state index contributed by atoms with van der Waals surface area (Å²) < 4.78 is 0. The fourth-order valence-corrected chi connectivity index (χ4v) is 5.55. The summed E-state index contributed by atoms with van der Waals surface area (Å²) >= 11 is 7.23. The highest BCUT2D eigenvalue weighted by Crippen LogP contribution is 2.65. The number of nitrogens with zero attached hydrogens (tertiary/aromatic N) is 1. The number of fused-ring (bicyclic) bond motifs is 2. The number of oxime groups is 1. The topological polar surface area (TPSA) is 32.6 Å². The Morgan fingerprint density at radius 3 is 2.71 bits per heavy atom. The summed E-state index contributed by atoms with van der Waals surface area (Å²) in [4.78, 5) is 0. The number of rotatable bonds is 2. The lowest BCUT2D eigenvalue weighted by Crippen LogP contribution is -2.40. The molecule has 0 amide bonds. The Hall–Kier alpha value is 0.430. The summed E-state index contributed by atoms with van der Waals surface area (Å²) in [7, 11) is 0. The largest absolute Gasteiger partial charge is 0.411 e. The molecule has 80 valence electrons. The van der Waals surface area contributed by atoms with E-state index in [4.69, 9.17) is 5.21 Å². The van der Waals surface area contributed by atoms with Crippen molar-refractivity contribution in [2.75, 3.05) is 10.7 Å². The zero-order valence-corrected chi connectivity index (χ0v) is 11.4. The second-order valence-corrected chi connectivity index (χ2v) is 5.87. The zero-order chi connectivity index (χ0) is 10.4. The van der Waals surface area contributed by atoms with Crippen LogP contribution >= 0.6 is 31.9 Å². The highest BCUT2D eigenvalue weighted by Gasteiger charge is 2.64. The van der Waals surface area contributed by atoms with Gasteiger partial charge in [0.2, 0.25) is 0 Å². The second kappa shape index (κ2) is 3.48. The predicted molar refractivity (Wildman–Crippen MR) is 64.7 cm³/mol. The van der Waals surface area contributed by atoms with Crippen molar-refractivity contribution in [3.63, 3.8) is 0 Å². The molecule has 0 heterocycles. The fourth-order valence-electron chi connectivity index (χ4n) is 3.32. The third-order valence-electron chi connectivity index (χ3n) is 4.53. The van der Waals surface area contributed by atoms with Crippen LogP contribution < -0.4 is 0 Å². The third kappa shape index (κ3) is 1.04. The number of hydrogen-bond acceptors (Lipinski definition) is 2. The quantitative estimate of drug-likeness (QED) is 0.471. The molecule has 2 saturated carbocycles. The normalized spacial score (nSPS) is 49.1. The molecule has 3 atom stereocenters. The molecule has 1 N–H and O–H groups in total. The number of halogens is 2. The molecule has 0 radical (unpaired) electrons. The van der Waals surface area contributed by atoms with E-state index in [2.05, 4.69) is 43.9 Å². The number of hydrogen-bond donors (Lipinski definition) is 1. The van der Waals surface area contributed by atoms with Crippen LogP contribution in [0.3, 0.4) is 0 Å². The summed E-state index contributed by atoms with van der Waals surface area (Å²) in [5.74, 6) is 0.685. The van der Waals surface area contributed by atoms with Crippen LogP contribution in [0.1, 0.15) is 26.2 Å². The van der Waals surface area contributed by atoms with Crippen molar-refractivity contribution in [2.45, 2.75) is 26.2 Å². The molecule has 14 heavy (non-hydrogen) atoms. The minimum absolute atomic E-state index is 0.0932. The molecule has 0 saturated heterocycles. The predicted octanol–water partition coefficient (Wildman–Crippen LogP) is 3.41. The van der Waals surface area contributed by atoms with Crippen LogP contribution in [0.15, 0.2) is 5.16 Å². The standard InChI is InChI=1S/C10H15Br2NO/c1-9(5-11)7-2-3-10(9,6-12)8(4-7)13-14/h7,14H,2-6H2,1H3. The Morgan fingerprint density at radius 1 is 1.50 bits per heavy atom. The maximum absolute atomic E-state index is 9.06. The van der Waals surface area contributed by atoms with Crippen LogP contribution in [0.25, 0.3) is 0 Å². The van der Waals surface area contributed by atoms with Crippen molar-refractivity contribution in [3.05, 3.63) is 0 Å². The van der Waals surface area contributed by atoms with Crippen LogP contribution in [0.5, 0.6) is 0 Å². The summed E-state index contributed by atoms with van der Waals surface area (Å²) in [6.45, 7) is 2.32. The van der Waals surface area contributed by atoms with E-state index in [-0.39, 0.29) is 10.8 Å². The van der Waals surface area contributed by atoms with Crippen LogP contribution in [-0.2, 0) is 0 Å². The van der Waals surface area contributed by atoms with Gasteiger partial charge in [0.25, 0.3) is 0 Å². The van der Waals surface area contributed by atoms with E-state index < -0.39 is 0 Å². The summed E-state index contributed by atoms with van der Waals surface area (Å²) in [5.41, 5.74) is 1.36. The van der Waals surface area contributed by atoms with Gasteiger partial charge in [-0.15, -0.1) is 0 Å². The molecular weight excluding hydrogens is 310 g/mol. The van der Waals surface area contributed by atoms with E-state index >= 15 is 0 Å². The SMILES string of the molecule is CC1(CBr)C2CCC1(CBr)C(=NO)C2. The maximum Gasteiger partial charge on any atom is 0.0649 e. The monoisotopic (exact) mass is 323 g/mol. The molecule has 2 aliphatic rings. The molecule has 3 unspecified atom stereocenters. The van der Waals surface area contributed by atoms with Gasteiger partial charge in [-0.2, -0.15) is 0 Å². The molecule has 2 rings (SSSR count). The Kier molecular flexibility index (Phi) is 2.71. The van der Waals surface area contributed by atoms with Crippen molar-refractivity contribution >= 4 is 37.6 Å². The van der Waals surface area contributed by atoms with Crippen molar-refractivity contribution in [3.8, 4) is 0 Å². The Morgan fingerprint density at radius 2 is 2.21 bits per heavy atom. The minimum atomic E-state index is 0.0932. The van der Waals surface area contributed by atoms with Gasteiger partial charge in [-0.05, 0) is 30.6 Å². The second-order valence-electron chi connectivity index (χ2n) is 4.75. The molecule has 2 bridgehead atoms. The zero-order valence-electron chi connectivity index (χ0n) is 8.26. The Balaban J connectivity index is 2.47. The molecular formula is C10H15Br2NO. The van der Waals surface area contributed by atoms with Gasteiger partial charge >= 0.3 is 0 Å². The van der Waals surface area contributed by atoms with Gasteiger partial charge in [-0.1, -0.05) is 43.9 Å². The first-order valence-electron chi connectivity index (χ1n) is 4.98. The lowest BCUT2D eigenvalue weighted by atomic mass is 9.70. The first kappa shape index (κ1) is 10.9. The van der Waals surface area contributed by atoms with Crippen molar-refractivity contribution in [1.29, 1.82) is 0 Å². The van der Waals surface area contributed by atoms with E-state index in [9.17, 15) is 0 Å². The molecule has 0 aromatic rings. The lowest BCUT2D eigenvalue weighted by molar-refractivity contribution is 0.205. The number of alkyl halides is 2. The van der Waals surface area contributed by atoms with Gasteiger partial charge in [0.15, 0.2) is 0 Å². The molecule has 0 aromatic heterocycles. The minimum Gasteiger partial charge on any atom is -0.411 e. The first-order valence-corrected chi connectivity index (χ1v) is 7.22. The summed E-state index contributed by atoms with van der Waals surface area (Å²) in [6.07, 6.45) is 3.40. The average Bonchev–Trinajstić information content (AvgIpc) is 2.65. The van der Waals surface area contributed by atoms with E-state index in [0.717, 1.165) is 29.2 Å². The van der Waals surface area contributed by atoms with Crippen LogP contribution in [0, 0.1) is 16.7 Å². The molecule has 2 nitrogen and oxygen atoms in total. The fraction of sp³-hybridized carbons (Fsp3) is 0.900. The van der Waals surface area contributed by atoms with Gasteiger partial charge in [0.05, 0.1) is 5.71 Å². The van der Waals surface area contributed by atoms with Gasteiger partial charge in [0.1, 0.15) is 0 Å². The van der Waals surface area contributed by atoms with Crippen LogP contribution in [-0.4, -0.2) is 21.6 Å². The maximum atomic E-state index is 9.06. The highest BCUT2D eigenvalue weighted by atomic mass is 79.9. The van der Waals surface area contributed by atoms with Gasteiger partial charge in [-0.3, -0.25) is 0 Å². The van der Waals surface area contributed by atoms with Crippen LogP contribution in [0.2, 0.25) is 0 Å². The molecule has 0 aliphatic heterocycles. The van der Waals surface area contributed by atoms with E-state index in [1.807, 2.05) is 0 Å². The van der Waals surface area contributed by atoms with Crippen LogP contribution in [0.4, 0.5) is 0 Å². The van der Waals surface area contributed by atoms with Crippen molar-refractivity contribution in [2.24, 2.45) is 21.9 Å². The average molecular weight is 325 g/mol.